The van der Waals surface area contributed by atoms with E-state index >= 15 is 0 Å². The predicted octanol–water partition coefficient (Wildman–Crippen LogP) is 6.16. The number of anilines is 1. The highest BCUT2D eigenvalue weighted by molar-refractivity contribution is 9.10. The first kappa shape index (κ1) is 20.8. The second-order valence-electron chi connectivity index (χ2n) is 8.60. The maximum Gasteiger partial charge on any atom is 0.191 e. The number of Topliss-reactive ketones (excluding diaryl/α,β-unsaturated/α-hetero) is 1. The number of nitrogens with zero attached hydrogens (tertiary/aromatic N) is 2. The lowest BCUT2D eigenvalue weighted by atomic mass is 9.72. The van der Waals surface area contributed by atoms with Crippen LogP contribution >= 0.6 is 39.0 Å². The number of ketones is 1. The topological polar surface area (TPSA) is 68.9 Å². The van der Waals surface area contributed by atoms with Gasteiger partial charge in [0.15, 0.2) is 10.9 Å². The quantitative estimate of drug-likeness (QED) is 0.269. The molecule has 4 nitrogen and oxygen atoms in total. The number of carbonyl (C=O) groups is 1. The van der Waals surface area contributed by atoms with Gasteiger partial charge < -0.3 is 5.73 Å². The standard InChI is InChI=1S/C22H24BrN3OS2/c1-22(2,3)13-6-9-15-17(10-13)29-20-18(15)19(24)25-21(26-20)28-11-16(27)12-4-7-14(23)8-5-12/h4-5,7-8,13H,6,9-11H2,1-3H3,(H2,24,25,26). The minimum Gasteiger partial charge on any atom is -0.383 e. The SMILES string of the molecule is CC(C)(C)C1CCc2c(sc3nc(SCC(=O)c4ccc(Br)cc4)nc(N)c23)C1. The Kier molecular flexibility index (Phi) is 5.75. The molecule has 152 valence electrons. The molecule has 0 saturated carbocycles. The van der Waals surface area contributed by atoms with Crippen LogP contribution in [0.5, 0.6) is 0 Å². The summed E-state index contributed by atoms with van der Waals surface area (Å²) in [4.78, 5) is 24.0. The molecule has 1 aliphatic rings. The van der Waals surface area contributed by atoms with Gasteiger partial charge in [0.1, 0.15) is 10.6 Å². The molecule has 1 atom stereocenters. The third-order valence-corrected chi connectivity index (χ3v) is 8.16. The molecule has 0 aliphatic heterocycles. The Morgan fingerprint density at radius 3 is 2.69 bits per heavy atom. The Bertz CT molecular complexity index is 1070. The second-order valence-corrected chi connectivity index (χ2v) is 11.5. The van der Waals surface area contributed by atoms with Crippen molar-refractivity contribution in [3.8, 4) is 0 Å². The van der Waals surface area contributed by atoms with E-state index in [1.165, 1.54) is 28.6 Å². The molecule has 0 bridgehead atoms. The molecule has 0 fully saturated rings. The molecule has 7 heteroatoms. The van der Waals surface area contributed by atoms with Crippen LogP contribution < -0.4 is 5.73 Å². The number of hydrogen-bond donors (Lipinski definition) is 1. The molecule has 29 heavy (non-hydrogen) atoms. The van der Waals surface area contributed by atoms with E-state index < -0.39 is 0 Å². The van der Waals surface area contributed by atoms with Crippen molar-refractivity contribution in [3.63, 3.8) is 0 Å². The van der Waals surface area contributed by atoms with Crippen molar-refractivity contribution >= 4 is 60.8 Å². The van der Waals surface area contributed by atoms with Crippen LogP contribution in [0.15, 0.2) is 33.9 Å². The van der Waals surface area contributed by atoms with Crippen molar-refractivity contribution in [3.05, 3.63) is 44.7 Å². The highest BCUT2D eigenvalue weighted by Crippen LogP contribution is 2.44. The number of aryl methyl sites for hydroxylation is 1. The Labute approximate surface area is 187 Å². The molecule has 0 saturated heterocycles. The third-order valence-electron chi connectivity index (χ3n) is 5.64. The first-order valence-corrected chi connectivity index (χ1v) is 12.3. The van der Waals surface area contributed by atoms with E-state index in [9.17, 15) is 4.79 Å². The zero-order valence-electron chi connectivity index (χ0n) is 16.8. The van der Waals surface area contributed by atoms with E-state index in [0.29, 0.717) is 33.6 Å². The molecule has 0 amide bonds. The number of fused-ring (bicyclic) bond motifs is 3. The highest BCUT2D eigenvalue weighted by Gasteiger charge is 2.31. The van der Waals surface area contributed by atoms with Gasteiger partial charge in [0.25, 0.3) is 0 Å². The molecule has 2 heterocycles. The highest BCUT2D eigenvalue weighted by atomic mass is 79.9. The summed E-state index contributed by atoms with van der Waals surface area (Å²) in [5.41, 5.74) is 8.67. The van der Waals surface area contributed by atoms with E-state index in [0.717, 1.165) is 27.5 Å². The van der Waals surface area contributed by atoms with Crippen molar-refractivity contribution in [1.82, 2.24) is 9.97 Å². The van der Waals surface area contributed by atoms with Crippen molar-refractivity contribution < 1.29 is 4.79 Å². The summed E-state index contributed by atoms with van der Waals surface area (Å²) >= 11 is 6.49. The van der Waals surface area contributed by atoms with Gasteiger partial charge in [-0.1, -0.05) is 60.6 Å². The fraction of sp³-hybridized carbons (Fsp3) is 0.409. The maximum absolute atomic E-state index is 12.4. The Hall–Kier alpha value is -1.44. The lowest BCUT2D eigenvalue weighted by Crippen LogP contribution is -2.26. The summed E-state index contributed by atoms with van der Waals surface area (Å²) in [6.45, 7) is 6.96. The summed E-state index contributed by atoms with van der Waals surface area (Å²) < 4.78 is 0.957. The summed E-state index contributed by atoms with van der Waals surface area (Å²) in [6.07, 6.45) is 3.31. The normalized spacial score (nSPS) is 16.8. The Morgan fingerprint density at radius 1 is 1.28 bits per heavy atom. The van der Waals surface area contributed by atoms with Crippen LogP contribution in [0.3, 0.4) is 0 Å². The minimum absolute atomic E-state index is 0.0586. The molecule has 4 rings (SSSR count). The zero-order valence-corrected chi connectivity index (χ0v) is 20.0. The maximum atomic E-state index is 12.4. The molecule has 2 N–H and O–H groups in total. The number of carbonyl (C=O) groups excluding carboxylic acids is 1. The summed E-state index contributed by atoms with van der Waals surface area (Å²) in [6, 6.07) is 7.40. The van der Waals surface area contributed by atoms with Crippen LogP contribution in [0, 0.1) is 11.3 Å². The lowest BCUT2D eigenvalue weighted by molar-refractivity contribution is 0.102. The molecule has 3 aromatic rings. The van der Waals surface area contributed by atoms with E-state index in [1.54, 1.807) is 11.3 Å². The third kappa shape index (κ3) is 4.37. The van der Waals surface area contributed by atoms with E-state index in [4.69, 9.17) is 10.7 Å². The number of hydrogen-bond acceptors (Lipinski definition) is 6. The van der Waals surface area contributed by atoms with Gasteiger partial charge in [-0.15, -0.1) is 11.3 Å². The van der Waals surface area contributed by atoms with Crippen molar-refractivity contribution in [2.45, 2.75) is 45.2 Å². The molecule has 2 aromatic heterocycles. The van der Waals surface area contributed by atoms with Crippen LogP contribution in [0.2, 0.25) is 0 Å². The van der Waals surface area contributed by atoms with Gasteiger partial charge in [0.2, 0.25) is 0 Å². The van der Waals surface area contributed by atoms with Gasteiger partial charge in [0, 0.05) is 14.9 Å². The number of halogens is 1. The number of rotatable bonds is 4. The molecular weight excluding hydrogens is 466 g/mol. The Morgan fingerprint density at radius 2 is 2.00 bits per heavy atom. The van der Waals surface area contributed by atoms with Crippen LogP contribution in [0.4, 0.5) is 5.82 Å². The largest absolute Gasteiger partial charge is 0.383 e. The van der Waals surface area contributed by atoms with Crippen molar-refractivity contribution in [2.24, 2.45) is 11.3 Å². The Balaban J connectivity index is 1.55. The second kappa shape index (κ2) is 8.00. The van der Waals surface area contributed by atoms with E-state index in [1.807, 2.05) is 24.3 Å². The summed E-state index contributed by atoms with van der Waals surface area (Å²) in [5.74, 6) is 1.57. The van der Waals surface area contributed by atoms with Gasteiger partial charge in [-0.3, -0.25) is 4.79 Å². The first-order chi connectivity index (χ1) is 13.7. The van der Waals surface area contributed by atoms with Gasteiger partial charge in [-0.25, -0.2) is 9.97 Å². The summed E-state index contributed by atoms with van der Waals surface area (Å²) in [7, 11) is 0. The van der Waals surface area contributed by atoms with Gasteiger partial charge >= 0.3 is 0 Å². The fourth-order valence-corrected chi connectivity index (χ4v) is 6.21. The average molecular weight is 490 g/mol. The molecule has 1 aromatic carbocycles. The fourth-order valence-electron chi connectivity index (χ4n) is 3.84. The van der Waals surface area contributed by atoms with Crippen LogP contribution in [0.25, 0.3) is 10.2 Å². The van der Waals surface area contributed by atoms with Gasteiger partial charge in [0.05, 0.1) is 11.1 Å². The smallest absolute Gasteiger partial charge is 0.191 e. The van der Waals surface area contributed by atoms with E-state index in [2.05, 4.69) is 41.7 Å². The molecule has 0 spiro atoms. The van der Waals surface area contributed by atoms with Crippen LogP contribution in [-0.4, -0.2) is 21.5 Å². The molecule has 1 aliphatic carbocycles. The number of benzene rings is 1. The number of nitrogen functional groups attached to an aromatic ring is 1. The lowest BCUT2D eigenvalue weighted by Gasteiger charge is -2.33. The summed E-state index contributed by atoms with van der Waals surface area (Å²) in [5, 5.41) is 1.60. The van der Waals surface area contributed by atoms with Crippen molar-refractivity contribution in [2.75, 3.05) is 11.5 Å². The number of nitrogens with two attached hydrogens (primary N) is 1. The van der Waals surface area contributed by atoms with Crippen molar-refractivity contribution in [1.29, 1.82) is 0 Å². The first-order valence-electron chi connectivity index (χ1n) is 9.71. The zero-order chi connectivity index (χ0) is 20.8. The molecule has 1 unspecified atom stereocenters. The van der Waals surface area contributed by atoms with Gasteiger partial charge in [-0.05, 0) is 48.3 Å². The van der Waals surface area contributed by atoms with Crippen LogP contribution in [-0.2, 0) is 12.8 Å². The number of thiophene rings is 1. The predicted molar refractivity (Wildman–Crippen MR) is 126 cm³/mol. The average Bonchev–Trinajstić information content (AvgIpc) is 3.04. The molecular formula is C22H24BrN3OS2. The van der Waals surface area contributed by atoms with Crippen LogP contribution in [0.1, 0.15) is 48.0 Å². The number of thioether (sulfide) groups is 1. The monoisotopic (exact) mass is 489 g/mol. The number of aromatic nitrogens is 2. The van der Waals surface area contributed by atoms with E-state index in [-0.39, 0.29) is 5.78 Å². The minimum atomic E-state index is 0.0586. The molecule has 0 radical (unpaired) electrons. The van der Waals surface area contributed by atoms with Gasteiger partial charge in [-0.2, -0.15) is 0 Å².